The molecular weight excluding hydrogens is 226 g/mol. The number of rotatable bonds is 1. The molecule has 3 aromatic rings. The third-order valence-electron chi connectivity index (χ3n) is 2.89. The van der Waals surface area contributed by atoms with E-state index in [1.165, 1.54) is 0 Å². The van der Waals surface area contributed by atoms with Crippen LogP contribution in [-0.2, 0) is 0 Å². The van der Waals surface area contributed by atoms with Gasteiger partial charge in [-0.15, -0.1) is 0 Å². The number of aromatic nitrogens is 3. The molecule has 0 radical (unpaired) electrons. The van der Waals surface area contributed by atoms with Crippen LogP contribution in [0.3, 0.4) is 0 Å². The molecule has 90 valence electrons. The zero-order chi connectivity index (χ0) is 12.7. The molecule has 0 saturated carbocycles. The fourth-order valence-electron chi connectivity index (χ4n) is 2.05. The highest BCUT2D eigenvalue weighted by Gasteiger charge is 2.09. The lowest BCUT2D eigenvalue weighted by Crippen LogP contribution is -2.12. The smallest absolute Gasteiger partial charge is 0.158 e. The van der Waals surface area contributed by atoms with Gasteiger partial charge in [0.2, 0.25) is 0 Å². The van der Waals surface area contributed by atoms with Crippen LogP contribution in [-0.4, -0.2) is 29.0 Å². The van der Waals surface area contributed by atoms with Crippen LogP contribution in [0.5, 0.6) is 0 Å². The second-order valence-corrected chi connectivity index (χ2v) is 4.39. The molecular formula is C13H13N5. The van der Waals surface area contributed by atoms with Crippen molar-refractivity contribution in [3.8, 4) is 0 Å². The predicted octanol–water partition coefficient (Wildman–Crippen LogP) is 1.83. The minimum atomic E-state index is 0.727. The number of hydrogen-bond acceptors (Lipinski definition) is 5. The van der Waals surface area contributed by atoms with Crippen molar-refractivity contribution < 1.29 is 0 Å². The lowest BCUT2D eigenvalue weighted by Gasteiger charge is -2.13. The number of benzene rings is 1. The molecule has 1 aromatic carbocycles. The first kappa shape index (κ1) is 10.7. The Morgan fingerprint density at radius 3 is 2.67 bits per heavy atom. The summed E-state index contributed by atoms with van der Waals surface area (Å²) in [6.07, 6.45) is 3.37. The van der Waals surface area contributed by atoms with Crippen molar-refractivity contribution in [2.75, 3.05) is 24.7 Å². The van der Waals surface area contributed by atoms with Crippen molar-refractivity contribution in [3.05, 3.63) is 30.7 Å². The van der Waals surface area contributed by atoms with Gasteiger partial charge in [-0.25, -0.2) is 9.97 Å². The highest BCUT2D eigenvalue weighted by Crippen LogP contribution is 2.27. The van der Waals surface area contributed by atoms with E-state index in [1.807, 2.05) is 43.4 Å². The zero-order valence-corrected chi connectivity index (χ0v) is 10.3. The number of anilines is 2. The van der Waals surface area contributed by atoms with E-state index in [1.54, 1.807) is 6.33 Å². The van der Waals surface area contributed by atoms with Gasteiger partial charge in [0.05, 0.1) is 0 Å². The maximum atomic E-state index is 5.78. The molecule has 0 saturated heterocycles. The second-order valence-electron chi connectivity index (χ2n) is 4.39. The Hall–Kier alpha value is -2.43. The van der Waals surface area contributed by atoms with Crippen LogP contribution >= 0.6 is 0 Å². The van der Waals surface area contributed by atoms with E-state index in [0.717, 1.165) is 33.3 Å². The standard InChI is InChI=1S/C13H13N5/c1-18(2)13-12-11(16-7-17-13)10-4-3-9(14)5-8(10)6-15-12/h3-7H,14H2,1-2H3. The van der Waals surface area contributed by atoms with Gasteiger partial charge in [-0.1, -0.05) is 6.07 Å². The molecule has 0 bridgehead atoms. The van der Waals surface area contributed by atoms with Gasteiger partial charge in [-0.2, -0.15) is 0 Å². The average molecular weight is 239 g/mol. The molecule has 0 atom stereocenters. The second kappa shape index (κ2) is 3.80. The average Bonchev–Trinajstić information content (AvgIpc) is 2.37. The van der Waals surface area contributed by atoms with Crippen LogP contribution in [0.25, 0.3) is 21.8 Å². The topological polar surface area (TPSA) is 67.9 Å². The third kappa shape index (κ3) is 1.52. The van der Waals surface area contributed by atoms with Gasteiger partial charge in [0, 0.05) is 36.8 Å². The van der Waals surface area contributed by atoms with Crippen LogP contribution in [0.4, 0.5) is 11.5 Å². The molecule has 2 aromatic heterocycles. The molecule has 0 aliphatic carbocycles. The highest BCUT2D eigenvalue weighted by molar-refractivity contribution is 6.06. The number of fused-ring (bicyclic) bond motifs is 3. The normalized spacial score (nSPS) is 11.0. The first-order valence-corrected chi connectivity index (χ1v) is 5.63. The van der Waals surface area contributed by atoms with E-state index < -0.39 is 0 Å². The van der Waals surface area contributed by atoms with E-state index in [2.05, 4.69) is 15.0 Å². The molecule has 3 rings (SSSR count). The van der Waals surface area contributed by atoms with Crippen molar-refractivity contribution >= 4 is 33.3 Å². The van der Waals surface area contributed by atoms with Gasteiger partial charge >= 0.3 is 0 Å². The van der Waals surface area contributed by atoms with Crippen molar-refractivity contribution in [3.63, 3.8) is 0 Å². The predicted molar refractivity (Wildman–Crippen MR) is 73.6 cm³/mol. The lowest BCUT2D eigenvalue weighted by atomic mass is 10.1. The molecule has 0 unspecified atom stereocenters. The Kier molecular flexibility index (Phi) is 2.26. The van der Waals surface area contributed by atoms with Crippen molar-refractivity contribution in [2.45, 2.75) is 0 Å². The first-order chi connectivity index (χ1) is 8.66. The van der Waals surface area contributed by atoms with Gasteiger partial charge < -0.3 is 10.6 Å². The van der Waals surface area contributed by atoms with E-state index in [-0.39, 0.29) is 0 Å². The maximum absolute atomic E-state index is 5.78. The maximum Gasteiger partial charge on any atom is 0.158 e. The first-order valence-electron chi connectivity index (χ1n) is 5.63. The van der Waals surface area contributed by atoms with Gasteiger partial charge in [0.15, 0.2) is 5.82 Å². The molecule has 2 heterocycles. The Bertz CT molecular complexity index is 736. The fourth-order valence-corrected chi connectivity index (χ4v) is 2.05. The molecule has 0 aliphatic rings. The molecule has 5 heteroatoms. The number of nitrogens with two attached hydrogens (primary N) is 1. The minimum Gasteiger partial charge on any atom is -0.399 e. The molecule has 18 heavy (non-hydrogen) atoms. The monoisotopic (exact) mass is 239 g/mol. The Morgan fingerprint density at radius 1 is 1.06 bits per heavy atom. The van der Waals surface area contributed by atoms with Crippen molar-refractivity contribution in [1.29, 1.82) is 0 Å². The molecule has 2 N–H and O–H groups in total. The molecule has 0 aliphatic heterocycles. The quantitative estimate of drug-likeness (QED) is 0.518. The summed E-state index contributed by atoms with van der Waals surface area (Å²) >= 11 is 0. The fraction of sp³-hybridized carbons (Fsp3) is 0.154. The van der Waals surface area contributed by atoms with Gasteiger partial charge in [-0.3, -0.25) is 4.98 Å². The summed E-state index contributed by atoms with van der Waals surface area (Å²) in [7, 11) is 3.88. The Morgan fingerprint density at radius 2 is 1.89 bits per heavy atom. The van der Waals surface area contributed by atoms with Crippen molar-refractivity contribution in [2.24, 2.45) is 0 Å². The molecule has 0 spiro atoms. The lowest BCUT2D eigenvalue weighted by molar-refractivity contribution is 1.05. The van der Waals surface area contributed by atoms with E-state index in [4.69, 9.17) is 5.73 Å². The number of hydrogen-bond donors (Lipinski definition) is 1. The van der Waals surface area contributed by atoms with Gasteiger partial charge in [0.25, 0.3) is 0 Å². The summed E-state index contributed by atoms with van der Waals surface area (Å²) in [5.41, 5.74) is 8.16. The number of nitrogens with zero attached hydrogens (tertiary/aromatic N) is 4. The molecule has 5 nitrogen and oxygen atoms in total. The SMILES string of the molecule is CN(C)c1ncnc2c1ncc1cc(N)ccc12. The summed E-state index contributed by atoms with van der Waals surface area (Å²) in [4.78, 5) is 15.0. The van der Waals surface area contributed by atoms with E-state index in [0.29, 0.717) is 0 Å². The summed E-state index contributed by atoms with van der Waals surface area (Å²) in [5.74, 6) is 0.818. The summed E-state index contributed by atoms with van der Waals surface area (Å²) in [5, 5.41) is 2.03. The van der Waals surface area contributed by atoms with E-state index >= 15 is 0 Å². The molecule has 0 amide bonds. The summed E-state index contributed by atoms with van der Waals surface area (Å²) in [6, 6.07) is 5.75. The van der Waals surface area contributed by atoms with E-state index in [9.17, 15) is 0 Å². The van der Waals surface area contributed by atoms with Gasteiger partial charge in [-0.05, 0) is 12.1 Å². The Labute approximate surface area is 104 Å². The van der Waals surface area contributed by atoms with Crippen LogP contribution in [0.2, 0.25) is 0 Å². The third-order valence-corrected chi connectivity index (χ3v) is 2.89. The number of nitrogen functional groups attached to an aromatic ring is 1. The van der Waals surface area contributed by atoms with Gasteiger partial charge in [0.1, 0.15) is 17.4 Å². The van der Waals surface area contributed by atoms with Crippen molar-refractivity contribution in [1.82, 2.24) is 15.0 Å². The van der Waals surface area contributed by atoms with Crippen LogP contribution in [0.1, 0.15) is 0 Å². The zero-order valence-electron chi connectivity index (χ0n) is 10.3. The highest BCUT2D eigenvalue weighted by atomic mass is 15.2. The summed E-state index contributed by atoms with van der Waals surface area (Å²) in [6.45, 7) is 0. The van der Waals surface area contributed by atoms with Crippen LogP contribution < -0.4 is 10.6 Å². The van der Waals surface area contributed by atoms with Crippen LogP contribution in [0, 0.1) is 0 Å². The van der Waals surface area contributed by atoms with Crippen LogP contribution in [0.15, 0.2) is 30.7 Å². The number of pyridine rings is 1. The minimum absolute atomic E-state index is 0.727. The summed E-state index contributed by atoms with van der Waals surface area (Å²) < 4.78 is 0. The Balaban J connectivity index is 2.45. The molecule has 0 fully saturated rings. The largest absolute Gasteiger partial charge is 0.399 e.